The fourth-order valence-electron chi connectivity index (χ4n) is 1.95. The van der Waals surface area contributed by atoms with Crippen LogP contribution in [0.25, 0.3) is 0 Å². The normalized spacial score (nSPS) is 16.2. The predicted octanol–water partition coefficient (Wildman–Crippen LogP) is 1.84. The van der Waals surface area contributed by atoms with Crippen molar-refractivity contribution in [2.45, 2.75) is 25.5 Å². The number of benzene rings is 1. The van der Waals surface area contributed by atoms with Crippen molar-refractivity contribution >= 4 is 35.5 Å². The Morgan fingerprint density at radius 1 is 1.18 bits per heavy atom. The minimum Gasteiger partial charge on any atom is -0.465 e. The quantitative estimate of drug-likeness (QED) is 0.356. The van der Waals surface area contributed by atoms with E-state index < -0.39 is 28.3 Å². The second-order valence-electron chi connectivity index (χ2n) is 4.85. The summed E-state index contributed by atoms with van der Waals surface area (Å²) in [4.78, 5) is 48.6. The largest absolute Gasteiger partial charge is 0.465 e. The van der Waals surface area contributed by atoms with E-state index in [9.17, 15) is 19.2 Å². The van der Waals surface area contributed by atoms with Crippen LogP contribution in [0.15, 0.2) is 24.3 Å². The monoisotopic (exact) mass is 321 g/mol. The Labute approximate surface area is 131 Å². The molecule has 0 saturated carbocycles. The van der Waals surface area contributed by atoms with Crippen molar-refractivity contribution in [3.8, 4) is 0 Å². The first-order chi connectivity index (χ1) is 10.3. The molecule has 1 aliphatic rings. The smallest absolute Gasteiger partial charge is 0.331 e. The van der Waals surface area contributed by atoms with Gasteiger partial charge in [0.1, 0.15) is 0 Å². The molecular weight excluding hydrogens is 306 g/mol. The van der Waals surface area contributed by atoms with Crippen LogP contribution in [0.2, 0.25) is 0 Å². The molecule has 6 nitrogen and oxygen atoms in total. The highest BCUT2D eigenvalue weighted by Crippen LogP contribution is 2.37. The standard InChI is InChI=1S/C15H15NO5S/c1-4-21-14(20)15(3,9(2)17)22-16-12(18)10-7-5-6-8-11(10)13(16)19/h5-8H,4H2,1-3H3/t15-/m0/s1. The molecule has 1 aliphatic heterocycles. The summed E-state index contributed by atoms with van der Waals surface area (Å²) in [5, 5.41) is 0. The molecule has 1 aromatic carbocycles. The lowest BCUT2D eigenvalue weighted by Crippen LogP contribution is -2.44. The first-order valence-corrected chi connectivity index (χ1v) is 7.45. The van der Waals surface area contributed by atoms with Gasteiger partial charge in [-0.05, 0) is 44.9 Å². The summed E-state index contributed by atoms with van der Waals surface area (Å²) in [6, 6.07) is 6.36. The van der Waals surface area contributed by atoms with E-state index in [-0.39, 0.29) is 17.7 Å². The highest BCUT2D eigenvalue weighted by molar-refractivity contribution is 8.01. The maximum atomic E-state index is 12.3. The van der Waals surface area contributed by atoms with Crippen molar-refractivity contribution in [1.82, 2.24) is 4.31 Å². The van der Waals surface area contributed by atoms with Gasteiger partial charge >= 0.3 is 5.97 Å². The molecule has 0 aromatic heterocycles. The van der Waals surface area contributed by atoms with E-state index in [1.807, 2.05) is 0 Å². The number of carbonyl (C=O) groups excluding carboxylic acids is 4. The van der Waals surface area contributed by atoms with Crippen LogP contribution in [-0.2, 0) is 14.3 Å². The molecule has 0 N–H and O–H groups in total. The van der Waals surface area contributed by atoms with Crippen LogP contribution >= 0.6 is 11.9 Å². The Morgan fingerprint density at radius 2 is 1.68 bits per heavy atom. The van der Waals surface area contributed by atoms with Crippen molar-refractivity contribution in [2.75, 3.05) is 6.61 Å². The van der Waals surface area contributed by atoms with E-state index >= 15 is 0 Å². The molecule has 0 spiro atoms. The minimum absolute atomic E-state index is 0.102. The van der Waals surface area contributed by atoms with Crippen molar-refractivity contribution in [3.63, 3.8) is 0 Å². The van der Waals surface area contributed by atoms with Crippen LogP contribution in [-0.4, -0.2) is 39.2 Å². The Balaban J connectivity index is 2.33. The number of ketones is 1. The van der Waals surface area contributed by atoms with Gasteiger partial charge in [-0.1, -0.05) is 12.1 Å². The van der Waals surface area contributed by atoms with Crippen molar-refractivity contribution in [2.24, 2.45) is 0 Å². The molecular formula is C15H15NO5S. The average molecular weight is 321 g/mol. The number of Topliss-reactive ketones (excluding diaryl/α,β-unsaturated/α-hetero) is 1. The molecule has 22 heavy (non-hydrogen) atoms. The van der Waals surface area contributed by atoms with E-state index in [4.69, 9.17) is 4.74 Å². The molecule has 0 radical (unpaired) electrons. The number of fused-ring (bicyclic) bond motifs is 1. The van der Waals surface area contributed by atoms with Gasteiger partial charge in [0.2, 0.25) is 0 Å². The third-order valence-corrected chi connectivity index (χ3v) is 4.70. The van der Waals surface area contributed by atoms with E-state index in [0.29, 0.717) is 11.9 Å². The van der Waals surface area contributed by atoms with Crippen molar-refractivity contribution in [1.29, 1.82) is 0 Å². The first kappa shape index (κ1) is 16.2. The fourth-order valence-corrected chi connectivity index (χ4v) is 2.94. The number of rotatable bonds is 5. The number of carbonyl (C=O) groups is 4. The Kier molecular flexibility index (Phi) is 4.37. The summed E-state index contributed by atoms with van der Waals surface area (Å²) < 4.78 is 4.10. The lowest BCUT2D eigenvalue weighted by atomic mass is 10.1. The van der Waals surface area contributed by atoms with Crippen molar-refractivity contribution < 1.29 is 23.9 Å². The zero-order chi connectivity index (χ0) is 16.5. The Hall–Kier alpha value is -2.15. The number of imide groups is 1. The summed E-state index contributed by atoms with van der Waals surface area (Å²) in [5.41, 5.74) is 0.518. The van der Waals surface area contributed by atoms with Gasteiger partial charge in [0.25, 0.3) is 11.8 Å². The van der Waals surface area contributed by atoms with Gasteiger partial charge in [-0.15, -0.1) is 0 Å². The van der Waals surface area contributed by atoms with Crippen molar-refractivity contribution in [3.05, 3.63) is 35.4 Å². The second kappa shape index (κ2) is 5.92. The number of ether oxygens (including phenoxy) is 1. The Bertz CT molecular complexity index is 637. The van der Waals surface area contributed by atoms with Gasteiger partial charge in [0.05, 0.1) is 17.7 Å². The van der Waals surface area contributed by atoms with E-state index in [1.165, 1.54) is 26.0 Å². The fraction of sp³-hybridized carbons (Fsp3) is 0.333. The number of esters is 1. The molecule has 0 aliphatic carbocycles. The van der Waals surface area contributed by atoms with Crippen LogP contribution < -0.4 is 0 Å². The van der Waals surface area contributed by atoms with Crippen LogP contribution in [0.3, 0.4) is 0 Å². The molecule has 116 valence electrons. The molecule has 7 heteroatoms. The predicted molar refractivity (Wildman–Crippen MR) is 80.3 cm³/mol. The average Bonchev–Trinajstić information content (AvgIpc) is 2.72. The van der Waals surface area contributed by atoms with Gasteiger partial charge in [0, 0.05) is 0 Å². The highest BCUT2D eigenvalue weighted by atomic mass is 32.2. The topological polar surface area (TPSA) is 80.8 Å². The number of hydrogen-bond donors (Lipinski definition) is 0. The highest BCUT2D eigenvalue weighted by Gasteiger charge is 2.48. The second-order valence-corrected chi connectivity index (χ2v) is 6.22. The van der Waals surface area contributed by atoms with Gasteiger partial charge < -0.3 is 4.74 Å². The third-order valence-electron chi connectivity index (χ3n) is 3.37. The van der Waals surface area contributed by atoms with Gasteiger partial charge in [-0.3, -0.25) is 19.2 Å². The van der Waals surface area contributed by atoms with Gasteiger partial charge in [0.15, 0.2) is 10.5 Å². The lowest BCUT2D eigenvalue weighted by molar-refractivity contribution is -0.148. The summed E-state index contributed by atoms with van der Waals surface area (Å²) in [7, 11) is 0. The molecule has 1 heterocycles. The summed E-state index contributed by atoms with van der Waals surface area (Å²) in [6.45, 7) is 4.29. The lowest BCUT2D eigenvalue weighted by Gasteiger charge is -2.26. The van der Waals surface area contributed by atoms with Crippen LogP contribution in [0.4, 0.5) is 0 Å². The SMILES string of the molecule is CCOC(=O)[C@@](C)(SN1C(=O)c2ccccc2C1=O)C(C)=O. The molecule has 1 atom stereocenters. The number of nitrogens with zero attached hydrogens (tertiary/aromatic N) is 1. The number of hydrogen-bond acceptors (Lipinski definition) is 6. The zero-order valence-corrected chi connectivity index (χ0v) is 13.2. The minimum atomic E-state index is -1.65. The first-order valence-electron chi connectivity index (χ1n) is 6.68. The van der Waals surface area contributed by atoms with E-state index in [2.05, 4.69) is 0 Å². The molecule has 2 rings (SSSR count). The maximum Gasteiger partial charge on any atom is 0.331 e. The van der Waals surface area contributed by atoms with Gasteiger partial charge in [-0.2, -0.15) is 0 Å². The van der Waals surface area contributed by atoms with E-state index in [0.717, 1.165) is 4.31 Å². The van der Waals surface area contributed by atoms with Gasteiger partial charge in [-0.25, -0.2) is 4.31 Å². The zero-order valence-electron chi connectivity index (χ0n) is 12.4. The van der Waals surface area contributed by atoms with Crippen LogP contribution in [0.1, 0.15) is 41.5 Å². The Morgan fingerprint density at radius 3 is 2.09 bits per heavy atom. The molecule has 1 aromatic rings. The molecule has 0 fully saturated rings. The third kappa shape index (κ3) is 2.52. The number of amides is 2. The van der Waals surface area contributed by atoms with Crippen LogP contribution in [0, 0.1) is 0 Å². The maximum absolute atomic E-state index is 12.3. The summed E-state index contributed by atoms with van der Waals surface area (Å²) in [6.07, 6.45) is 0. The van der Waals surface area contributed by atoms with E-state index in [1.54, 1.807) is 19.1 Å². The molecule has 0 saturated heterocycles. The molecule has 2 amide bonds. The summed E-state index contributed by atoms with van der Waals surface area (Å²) in [5.74, 6) is -2.35. The summed E-state index contributed by atoms with van der Waals surface area (Å²) >= 11 is 0.594. The molecule has 0 unspecified atom stereocenters. The van der Waals surface area contributed by atoms with Crippen LogP contribution in [0.5, 0.6) is 0 Å². The molecule has 0 bridgehead atoms.